The fourth-order valence-electron chi connectivity index (χ4n) is 1.68. The number of aliphatic carboxylic acids is 4. The maximum Gasteiger partial charge on any atom is 1.00 e. The molecule has 0 heterocycles. The fourth-order valence-corrected chi connectivity index (χ4v) is 1.68. The van der Waals surface area contributed by atoms with Gasteiger partial charge in [-0.2, -0.15) is 0 Å². The van der Waals surface area contributed by atoms with Crippen LogP contribution in [0.2, 0.25) is 0 Å². The van der Waals surface area contributed by atoms with Crippen LogP contribution in [0, 0.1) is 0 Å². The average Bonchev–Trinajstić information content (AvgIpc) is 2.95. The average molecular weight is 865 g/mol. The first-order chi connectivity index (χ1) is 22.6. The Bertz CT molecular complexity index is 849. The Morgan fingerprint density at radius 1 is 0.471 bits per heavy atom. The van der Waals surface area contributed by atoms with Gasteiger partial charge in [-0.1, -0.05) is 19.7 Å². The van der Waals surface area contributed by atoms with Gasteiger partial charge >= 0.3 is 81.2 Å². The summed E-state index contributed by atoms with van der Waals surface area (Å²) in [5.41, 5.74) is 0. The molecule has 0 spiro atoms. The van der Waals surface area contributed by atoms with Gasteiger partial charge in [0.25, 0.3) is 11.9 Å². The van der Waals surface area contributed by atoms with Crippen LogP contribution in [-0.2, 0) is 96.6 Å². The summed E-state index contributed by atoms with van der Waals surface area (Å²) in [6.07, 6.45) is 3.18. The minimum absolute atomic E-state index is 0. The number of carboxylic acids is 4. The SMILES string of the molecule is C=COC(=O)COCCOCCOCC(=O)OC=C.C=COC(C)=O.CC(=O)O.CC(=O)O.O=C(O)COCCOCCOCC(=O)O.[K+].[OH-].[Pd]. The standard InChI is InChI=1S/C12H18O7.C8H14O7.C4H6O2.2C2H4O2.K.H2O.Pd/c1-3-18-11(13)9-16-7-5-15-6-8-17-10-12(14)19-4-2;9-7(10)5-14-3-1-13-2-4-15-6-8(11)12;1-3-6-4(2)5;2*1-2(3)4;;;/h3-4H,1-2,5-10H2;1-6H2,(H,9,10)(H,11,12);3H,1H2,2H3;2*1H3,(H,3,4);;1H2;/q;;;;;+1;;/p-1. The molecule has 0 saturated heterocycles. The topological polar surface area (TPSA) is 313 Å². The van der Waals surface area contributed by atoms with Gasteiger partial charge in [0.2, 0.25) is 0 Å². The van der Waals surface area contributed by atoms with E-state index in [0.717, 1.165) is 32.6 Å². The number of esters is 3. The van der Waals surface area contributed by atoms with Gasteiger partial charge in [0, 0.05) is 41.2 Å². The van der Waals surface area contributed by atoms with Gasteiger partial charge in [0.1, 0.15) is 26.4 Å². The van der Waals surface area contributed by atoms with E-state index in [1.54, 1.807) is 0 Å². The number of hydrogen-bond donors (Lipinski definition) is 4. The molecule has 0 atom stereocenters. The van der Waals surface area contributed by atoms with E-state index in [2.05, 4.69) is 43.4 Å². The van der Waals surface area contributed by atoms with E-state index in [-0.39, 0.29) is 149 Å². The third-order valence-electron chi connectivity index (χ3n) is 3.06. The normalized spacial score (nSPS) is 8.37. The molecule has 0 aromatic rings. The van der Waals surface area contributed by atoms with Crippen LogP contribution in [0.5, 0.6) is 0 Å². The summed E-state index contributed by atoms with van der Waals surface area (Å²) in [4.78, 5) is 69.4. The van der Waals surface area contributed by atoms with Crippen LogP contribution in [-0.4, -0.2) is 147 Å². The molecule has 23 heteroatoms. The molecule has 0 saturated carbocycles. The van der Waals surface area contributed by atoms with E-state index in [9.17, 15) is 24.0 Å². The zero-order valence-electron chi connectivity index (χ0n) is 28.9. The number of ether oxygens (including phenoxy) is 9. The third-order valence-corrected chi connectivity index (χ3v) is 3.06. The van der Waals surface area contributed by atoms with Crippen molar-refractivity contribution in [2.24, 2.45) is 0 Å². The van der Waals surface area contributed by atoms with Gasteiger partial charge in [0.05, 0.1) is 71.6 Å². The molecule has 0 unspecified atom stereocenters. The number of carbonyl (C=O) groups is 7. The summed E-state index contributed by atoms with van der Waals surface area (Å²) in [6.45, 7) is 14.1. The van der Waals surface area contributed by atoms with Gasteiger partial charge in [-0.15, -0.1) is 0 Å². The largest absolute Gasteiger partial charge is 1.00 e. The number of carboxylic acid groups (broad SMARTS) is 4. The monoisotopic (exact) mass is 864 g/mol. The summed E-state index contributed by atoms with van der Waals surface area (Å²) in [5.74, 6) is -5.08. The summed E-state index contributed by atoms with van der Waals surface area (Å²) < 4.78 is 42.4. The third kappa shape index (κ3) is 106. The molecule has 0 amide bonds. The summed E-state index contributed by atoms with van der Waals surface area (Å²) >= 11 is 0. The minimum Gasteiger partial charge on any atom is -0.870 e. The quantitative estimate of drug-likeness (QED) is 0.0267. The van der Waals surface area contributed by atoms with Crippen LogP contribution >= 0.6 is 0 Å². The molecule has 0 aliphatic rings. The predicted molar refractivity (Wildman–Crippen MR) is 163 cm³/mol. The Hall–Kier alpha value is -2.47. The summed E-state index contributed by atoms with van der Waals surface area (Å²) in [6, 6.07) is 0. The first-order valence-corrected chi connectivity index (χ1v) is 13.2. The molecule has 0 aliphatic carbocycles. The van der Waals surface area contributed by atoms with Crippen molar-refractivity contribution < 1.29 is 174 Å². The van der Waals surface area contributed by atoms with Crippen molar-refractivity contribution in [3.63, 3.8) is 0 Å². The second-order valence-electron chi connectivity index (χ2n) is 7.35. The van der Waals surface area contributed by atoms with Crippen molar-refractivity contribution in [3.05, 3.63) is 38.5 Å². The zero-order valence-corrected chi connectivity index (χ0v) is 33.6. The maximum absolute atomic E-state index is 10.8. The van der Waals surface area contributed by atoms with Crippen molar-refractivity contribution >= 4 is 41.8 Å². The smallest absolute Gasteiger partial charge is 0.870 e. The first kappa shape index (κ1) is 66.7. The van der Waals surface area contributed by atoms with E-state index in [4.69, 9.17) is 49.0 Å². The second-order valence-corrected chi connectivity index (χ2v) is 7.35. The molecular formula is C28H47KO21Pd. The molecule has 5 N–H and O–H groups in total. The van der Waals surface area contributed by atoms with Crippen molar-refractivity contribution in [2.45, 2.75) is 20.8 Å². The van der Waals surface area contributed by atoms with Gasteiger partial charge in [-0.05, 0) is 0 Å². The van der Waals surface area contributed by atoms with Crippen LogP contribution in [0.3, 0.4) is 0 Å². The molecule has 51 heavy (non-hydrogen) atoms. The zero-order chi connectivity index (χ0) is 38.0. The Balaban J connectivity index is -0.0000000853. The Morgan fingerprint density at radius 3 is 0.863 bits per heavy atom. The van der Waals surface area contributed by atoms with Crippen molar-refractivity contribution in [1.82, 2.24) is 0 Å². The van der Waals surface area contributed by atoms with E-state index in [1.165, 1.54) is 6.92 Å². The van der Waals surface area contributed by atoms with Gasteiger partial charge in [-0.25, -0.2) is 19.2 Å². The van der Waals surface area contributed by atoms with E-state index < -0.39 is 35.8 Å². The van der Waals surface area contributed by atoms with Crippen LogP contribution in [0.1, 0.15) is 20.8 Å². The van der Waals surface area contributed by atoms with Gasteiger partial charge in [0.15, 0.2) is 0 Å². The van der Waals surface area contributed by atoms with E-state index >= 15 is 0 Å². The van der Waals surface area contributed by atoms with Crippen molar-refractivity contribution in [1.29, 1.82) is 0 Å². The Labute approximate surface area is 351 Å². The fraction of sp³-hybridized carbons (Fsp3) is 0.536. The van der Waals surface area contributed by atoms with Crippen LogP contribution < -0.4 is 51.4 Å². The molecule has 0 aromatic heterocycles. The molecular weight excluding hydrogens is 818 g/mol. The van der Waals surface area contributed by atoms with Gasteiger partial charge < -0.3 is 68.5 Å². The van der Waals surface area contributed by atoms with E-state index in [0.29, 0.717) is 13.2 Å². The summed E-state index contributed by atoms with van der Waals surface area (Å²) in [7, 11) is 0. The predicted octanol–water partition coefficient (Wildman–Crippen LogP) is -2.69. The Kier molecular flexibility index (Phi) is 74.4. The number of hydrogen-bond acceptors (Lipinski definition) is 17. The van der Waals surface area contributed by atoms with Crippen molar-refractivity contribution in [3.8, 4) is 0 Å². The molecule has 0 fully saturated rings. The molecule has 0 rings (SSSR count). The number of carbonyl (C=O) groups excluding carboxylic acids is 3. The molecule has 0 bridgehead atoms. The van der Waals surface area contributed by atoms with Crippen LogP contribution in [0.25, 0.3) is 0 Å². The van der Waals surface area contributed by atoms with Crippen molar-refractivity contribution in [2.75, 3.05) is 79.3 Å². The van der Waals surface area contributed by atoms with Crippen LogP contribution in [0.15, 0.2) is 38.5 Å². The molecule has 21 nitrogen and oxygen atoms in total. The maximum atomic E-state index is 10.8. The van der Waals surface area contributed by atoms with Gasteiger partial charge in [-0.3, -0.25) is 14.4 Å². The molecule has 0 aromatic carbocycles. The Morgan fingerprint density at radius 2 is 0.686 bits per heavy atom. The molecule has 0 radical (unpaired) electrons. The summed E-state index contributed by atoms with van der Waals surface area (Å²) in [5, 5.41) is 31.2. The second kappa shape index (κ2) is 56.9. The van der Waals surface area contributed by atoms with Crippen LogP contribution in [0.4, 0.5) is 0 Å². The molecule has 0 aliphatic heterocycles. The minimum atomic E-state index is -1.03. The molecule has 296 valence electrons. The first-order valence-electron chi connectivity index (χ1n) is 13.2. The van der Waals surface area contributed by atoms with E-state index in [1.807, 2.05) is 0 Å². The number of rotatable bonds is 23.